The molecular formula is C17H21N7. The van der Waals surface area contributed by atoms with Gasteiger partial charge in [-0.05, 0) is 13.0 Å². The van der Waals surface area contributed by atoms with Crippen LogP contribution in [0.15, 0.2) is 37.2 Å². The third-order valence-corrected chi connectivity index (χ3v) is 4.63. The summed E-state index contributed by atoms with van der Waals surface area (Å²) in [6, 6.07) is 2.45. The second-order valence-electron chi connectivity index (χ2n) is 6.38. The molecule has 24 heavy (non-hydrogen) atoms. The SMILES string of the molecule is CC1CN(c2ncnc3cnccc23)CCN1Cc1cnn(C)c1. The molecule has 3 aromatic rings. The Morgan fingerprint density at radius 1 is 1.21 bits per heavy atom. The summed E-state index contributed by atoms with van der Waals surface area (Å²) in [4.78, 5) is 17.8. The molecule has 0 radical (unpaired) electrons. The monoisotopic (exact) mass is 323 g/mol. The van der Waals surface area contributed by atoms with E-state index in [9.17, 15) is 0 Å². The molecule has 0 N–H and O–H groups in total. The van der Waals surface area contributed by atoms with E-state index >= 15 is 0 Å². The van der Waals surface area contributed by atoms with E-state index in [0.717, 1.165) is 42.9 Å². The predicted octanol–water partition coefficient (Wildman–Crippen LogP) is 1.47. The molecule has 1 saturated heterocycles. The fourth-order valence-electron chi connectivity index (χ4n) is 3.36. The van der Waals surface area contributed by atoms with Crippen molar-refractivity contribution in [3.8, 4) is 0 Å². The first-order chi connectivity index (χ1) is 11.7. The summed E-state index contributed by atoms with van der Waals surface area (Å²) in [6.07, 6.45) is 9.26. The lowest BCUT2D eigenvalue weighted by atomic mass is 10.1. The van der Waals surface area contributed by atoms with E-state index in [-0.39, 0.29) is 0 Å². The number of hydrogen-bond donors (Lipinski definition) is 0. The molecule has 0 aromatic carbocycles. The van der Waals surface area contributed by atoms with E-state index in [1.165, 1.54) is 5.56 Å². The fraction of sp³-hybridized carbons (Fsp3) is 0.412. The molecular weight excluding hydrogens is 302 g/mol. The van der Waals surface area contributed by atoms with E-state index in [4.69, 9.17) is 0 Å². The van der Waals surface area contributed by atoms with Crippen molar-refractivity contribution in [2.45, 2.75) is 19.5 Å². The molecule has 0 bridgehead atoms. The summed E-state index contributed by atoms with van der Waals surface area (Å²) in [7, 11) is 1.96. The molecule has 4 rings (SSSR count). The molecule has 1 aliphatic heterocycles. The van der Waals surface area contributed by atoms with E-state index in [2.05, 4.69) is 43.0 Å². The van der Waals surface area contributed by atoms with Gasteiger partial charge >= 0.3 is 0 Å². The number of hydrogen-bond acceptors (Lipinski definition) is 6. The molecule has 0 saturated carbocycles. The van der Waals surface area contributed by atoms with E-state index in [0.29, 0.717) is 6.04 Å². The minimum absolute atomic E-state index is 0.450. The minimum Gasteiger partial charge on any atom is -0.353 e. The second-order valence-corrected chi connectivity index (χ2v) is 6.38. The maximum Gasteiger partial charge on any atom is 0.140 e. The van der Waals surface area contributed by atoms with Gasteiger partial charge in [-0.3, -0.25) is 14.6 Å². The average molecular weight is 323 g/mol. The molecule has 0 spiro atoms. The summed E-state index contributed by atoms with van der Waals surface area (Å²) in [5.74, 6) is 1.01. The highest BCUT2D eigenvalue weighted by molar-refractivity contribution is 5.88. The van der Waals surface area contributed by atoms with Gasteiger partial charge in [0.05, 0.1) is 17.9 Å². The van der Waals surface area contributed by atoms with Crippen LogP contribution in [-0.4, -0.2) is 55.3 Å². The molecule has 1 fully saturated rings. The number of nitrogens with zero attached hydrogens (tertiary/aromatic N) is 7. The largest absolute Gasteiger partial charge is 0.353 e. The number of aromatic nitrogens is 5. The van der Waals surface area contributed by atoms with Gasteiger partial charge in [0.2, 0.25) is 0 Å². The number of pyridine rings is 1. The lowest BCUT2D eigenvalue weighted by Crippen LogP contribution is -2.51. The Kier molecular flexibility index (Phi) is 3.86. The van der Waals surface area contributed by atoms with Gasteiger partial charge in [-0.25, -0.2) is 9.97 Å². The smallest absolute Gasteiger partial charge is 0.140 e. The van der Waals surface area contributed by atoms with Crippen LogP contribution in [0.5, 0.6) is 0 Å². The first-order valence-electron chi connectivity index (χ1n) is 8.22. The third kappa shape index (κ3) is 2.82. The maximum atomic E-state index is 4.53. The number of anilines is 1. The van der Waals surface area contributed by atoms with Crippen LogP contribution in [0.4, 0.5) is 5.82 Å². The van der Waals surface area contributed by atoms with Gasteiger partial charge in [0, 0.05) is 62.6 Å². The Bertz CT molecular complexity index is 838. The molecule has 7 nitrogen and oxygen atoms in total. The standard InChI is InChI=1S/C17H21N7/c1-13-9-24(6-5-23(13)11-14-7-21-22(2)10-14)17-15-3-4-18-8-16(15)19-12-20-17/h3-4,7-8,10,12-13H,5-6,9,11H2,1-2H3. The number of fused-ring (bicyclic) bond motifs is 1. The average Bonchev–Trinajstić information content (AvgIpc) is 3.01. The summed E-state index contributed by atoms with van der Waals surface area (Å²) >= 11 is 0. The molecule has 124 valence electrons. The minimum atomic E-state index is 0.450. The van der Waals surface area contributed by atoms with Crippen LogP contribution in [0.3, 0.4) is 0 Å². The molecule has 1 unspecified atom stereocenters. The van der Waals surface area contributed by atoms with Gasteiger partial charge in [0.25, 0.3) is 0 Å². The maximum absolute atomic E-state index is 4.53. The van der Waals surface area contributed by atoms with Crippen LogP contribution in [-0.2, 0) is 13.6 Å². The van der Waals surface area contributed by atoms with Gasteiger partial charge in [0.15, 0.2) is 0 Å². The van der Waals surface area contributed by atoms with E-state index < -0.39 is 0 Å². The highest BCUT2D eigenvalue weighted by atomic mass is 15.3. The number of piperazine rings is 1. The van der Waals surface area contributed by atoms with Crippen LogP contribution in [0, 0.1) is 0 Å². The first kappa shape index (κ1) is 15.0. The quantitative estimate of drug-likeness (QED) is 0.727. The molecule has 0 amide bonds. The molecule has 1 atom stereocenters. The summed E-state index contributed by atoms with van der Waals surface area (Å²) in [5, 5.41) is 5.33. The van der Waals surface area contributed by atoms with E-state index in [1.807, 2.05) is 24.0 Å². The van der Waals surface area contributed by atoms with Crippen LogP contribution >= 0.6 is 0 Å². The second kappa shape index (κ2) is 6.16. The summed E-state index contributed by atoms with van der Waals surface area (Å²) in [6.45, 7) is 6.13. The number of rotatable bonds is 3. The van der Waals surface area contributed by atoms with Crippen LogP contribution < -0.4 is 4.90 Å². The number of aryl methyl sites for hydroxylation is 1. The van der Waals surface area contributed by atoms with Crippen molar-refractivity contribution in [3.05, 3.63) is 42.7 Å². The van der Waals surface area contributed by atoms with Gasteiger partial charge in [0.1, 0.15) is 12.1 Å². The van der Waals surface area contributed by atoms with Crippen molar-refractivity contribution in [2.75, 3.05) is 24.5 Å². The van der Waals surface area contributed by atoms with Gasteiger partial charge in [-0.1, -0.05) is 0 Å². The Balaban J connectivity index is 1.51. The van der Waals surface area contributed by atoms with Crippen LogP contribution in [0.1, 0.15) is 12.5 Å². The zero-order valence-corrected chi connectivity index (χ0v) is 14.0. The van der Waals surface area contributed by atoms with Crippen molar-refractivity contribution in [1.29, 1.82) is 0 Å². The first-order valence-corrected chi connectivity index (χ1v) is 8.22. The van der Waals surface area contributed by atoms with Crippen LogP contribution in [0.2, 0.25) is 0 Å². The van der Waals surface area contributed by atoms with Crippen molar-refractivity contribution in [2.24, 2.45) is 7.05 Å². The Hall–Kier alpha value is -2.54. The van der Waals surface area contributed by atoms with Crippen molar-refractivity contribution in [3.63, 3.8) is 0 Å². The van der Waals surface area contributed by atoms with Gasteiger partial charge in [-0.15, -0.1) is 0 Å². The Morgan fingerprint density at radius 2 is 2.12 bits per heavy atom. The molecule has 3 aromatic heterocycles. The normalized spacial score (nSPS) is 19.1. The zero-order valence-electron chi connectivity index (χ0n) is 14.0. The summed E-state index contributed by atoms with van der Waals surface area (Å²) < 4.78 is 1.86. The van der Waals surface area contributed by atoms with Gasteiger partial charge in [-0.2, -0.15) is 5.10 Å². The van der Waals surface area contributed by atoms with Crippen LogP contribution in [0.25, 0.3) is 10.9 Å². The Labute approximate surface area is 141 Å². The predicted molar refractivity (Wildman–Crippen MR) is 92.6 cm³/mol. The van der Waals surface area contributed by atoms with Crippen molar-refractivity contribution in [1.82, 2.24) is 29.6 Å². The topological polar surface area (TPSA) is 63.0 Å². The fourth-order valence-corrected chi connectivity index (χ4v) is 3.36. The van der Waals surface area contributed by atoms with E-state index in [1.54, 1.807) is 18.7 Å². The van der Waals surface area contributed by atoms with Gasteiger partial charge < -0.3 is 4.90 Å². The third-order valence-electron chi connectivity index (χ3n) is 4.63. The summed E-state index contributed by atoms with van der Waals surface area (Å²) in [5.41, 5.74) is 2.16. The zero-order chi connectivity index (χ0) is 16.5. The lowest BCUT2D eigenvalue weighted by Gasteiger charge is -2.40. The van der Waals surface area contributed by atoms with Crippen molar-refractivity contribution >= 4 is 16.7 Å². The molecule has 4 heterocycles. The highest BCUT2D eigenvalue weighted by Gasteiger charge is 2.25. The Morgan fingerprint density at radius 3 is 2.92 bits per heavy atom. The molecule has 1 aliphatic rings. The molecule has 7 heteroatoms. The van der Waals surface area contributed by atoms with Crippen molar-refractivity contribution < 1.29 is 0 Å². The lowest BCUT2D eigenvalue weighted by molar-refractivity contribution is 0.180. The molecule has 0 aliphatic carbocycles. The highest BCUT2D eigenvalue weighted by Crippen LogP contribution is 2.24.